The molecule has 0 aromatic carbocycles. The summed E-state index contributed by atoms with van der Waals surface area (Å²) in [6.07, 6.45) is 15.0. The lowest BCUT2D eigenvalue weighted by Crippen LogP contribution is -2.41. The summed E-state index contributed by atoms with van der Waals surface area (Å²) in [5.41, 5.74) is 0.322. The van der Waals surface area contributed by atoms with Gasteiger partial charge in [0.2, 0.25) is 5.91 Å². The monoisotopic (exact) mass is 401 g/mol. The Hall–Kier alpha value is -1.85. The smallest absolute Gasteiger partial charge is 0.273 e. The van der Waals surface area contributed by atoms with E-state index in [2.05, 4.69) is 10.5 Å². The van der Waals surface area contributed by atoms with Crippen molar-refractivity contribution >= 4 is 11.8 Å². The topological polar surface area (TPSA) is 75.4 Å². The van der Waals surface area contributed by atoms with Gasteiger partial charge in [-0.05, 0) is 43.9 Å². The van der Waals surface area contributed by atoms with Crippen LogP contribution in [0.4, 0.5) is 0 Å². The molecule has 3 fully saturated rings. The van der Waals surface area contributed by atoms with Crippen molar-refractivity contribution in [3.63, 3.8) is 0 Å². The zero-order valence-electron chi connectivity index (χ0n) is 17.5. The van der Waals surface area contributed by atoms with E-state index in [1.807, 2.05) is 4.90 Å². The Morgan fingerprint density at radius 1 is 1.00 bits per heavy atom. The highest BCUT2D eigenvalue weighted by Crippen LogP contribution is 2.30. The van der Waals surface area contributed by atoms with E-state index >= 15 is 0 Å². The van der Waals surface area contributed by atoms with Crippen LogP contribution in [0.2, 0.25) is 0 Å². The second-order valence-electron chi connectivity index (χ2n) is 9.33. The van der Waals surface area contributed by atoms with Crippen LogP contribution in [0.15, 0.2) is 10.6 Å². The zero-order valence-corrected chi connectivity index (χ0v) is 17.5. The van der Waals surface area contributed by atoms with E-state index in [0.717, 1.165) is 31.7 Å². The number of amides is 2. The van der Waals surface area contributed by atoms with E-state index in [0.29, 0.717) is 30.3 Å². The fraction of sp³-hybridized carbons (Fsp3) is 0.783. The van der Waals surface area contributed by atoms with Gasteiger partial charge in [0, 0.05) is 25.1 Å². The zero-order chi connectivity index (χ0) is 20.1. The Morgan fingerprint density at radius 2 is 1.72 bits per heavy atom. The number of nitrogens with one attached hydrogen (secondary N) is 1. The standard InChI is InChI=1S/C23H35N3O3/c27-22(13-12-17-6-4-5-7-17)26(19-8-2-1-3-9-19)16-20-14-21(25-29-20)23(28)24-15-18-10-11-18/h14,17-19H,1-13,15-16H2,(H,24,28). The molecule has 0 atom stereocenters. The first kappa shape index (κ1) is 20.4. The Balaban J connectivity index is 1.36. The lowest BCUT2D eigenvalue weighted by molar-refractivity contribution is -0.135. The molecule has 6 nitrogen and oxygen atoms in total. The molecule has 0 spiro atoms. The fourth-order valence-electron chi connectivity index (χ4n) is 4.90. The van der Waals surface area contributed by atoms with Gasteiger partial charge in [0.05, 0.1) is 6.54 Å². The van der Waals surface area contributed by atoms with Crippen molar-refractivity contribution in [2.75, 3.05) is 6.54 Å². The molecule has 3 aliphatic rings. The molecule has 1 aromatic heterocycles. The van der Waals surface area contributed by atoms with Crippen LogP contribution >= 0.6 is 0 Å². The van der Waals surface area contributed by atoms with Gasteiger partial charge < -0.3 is 14.7 Å². The second kappa shape index (κ2) is 9.77. The van der Waals surface area contributed by atoms with E-state index in [4.69, 9.17) is 4.52 Å². The molecule has 0 bridgehead atoms. The third kappa shape index (κ3) is 5.83. The summed E-state index contributed by atoms with van der Waals surface area (Å²) in [4.78, 5) is 27.4. The van der Waals surface area contributed by atoms with Gasteiger partial charge in [0.25, 0.3) is 5.91 Å². The Bertz CT molecular complexity index is 685. The molecule has 2 amide bonds. The second-order valence-corrected chi connectivity index (χ2v) is 9.33. The van der Waals surface area contributed by atoms with Crippen molar-refractivity contribution in [2.45, 2.75) is 96.1 Å². The quantitative estimate of drug-likeness (QED) is 0.663. The van der Waals surface area contributed by atoms with Gasteiger partial charge >= 0.3 is 0 Å². The SMILES string of the molecule is O=C(NCC1CC1)c1cc(CN(C(=O)CCC2CCCC2)C2CCCCC2)on1. The summed E-state index contributed by atoms with van der Waals surface area (Å²) < 4.78 is 5.45. The predicted octanol–water partition coefficient (Wildman–Crippen LogP) is 4.45. The average Bonchev–Trinajstić information content (AvgIpc) is 3.22. The summed E-state index contributed by atoms with van der Waals surface area (Å²) >= 11 is 0. The summed E-state index contributed by atoms with van der Waals surface area (Å²) in [6.45, 7) is 1.14. The van der Waals surface area contributed by atoms with Crippen LogP contribution < -0.4 is 5.32 Å². The van der Waals surface area contributed by atoms with Crippen LogP contribution in [0.3, 0.4) is 0 Å². The molecule has 29 heavy (non-hydrogen) atoms. The largest absolute Gasteiger partial charge is 0.359 e. The number of aromatic nitrogens is 1. The van der Waals surface area contributed by atoms with Crippen molar-refractivity contribution in [3.05, 3.63) is 17.5 Å². The number of hydrogen-bond acceptors (Lipinski definition) is 4. The Morgan fingerprint density at radius 3 is 2.45 bits per heavy atom. The maximum absolute atomic E-state index is 13.1. The van der Waals surface area contributed by atoms with Gasteiger partial charge in [0.15, 0.2) is 11.5 Å². The van der Waals surface area contributed by atoms with Crippen LogP contribution in [0.25, 0.3) is 0 Å². The van der Waals surface area contributed by atoms with Crippen LogP contribution in [0.5, 0.6) is 0 Å². The maximum atomic E-state index is 13.1. The summed E-state index contributed by atoms with van der Waals surface area (Å²) in [6, 6.07) is 2.00. The van der Waals surface area contributed by atoms with Crippen LogP contribution in [0, 0.1) is 11.8 Å². The summed E-state index contributed by atoms with van der Waals surface area (Å²) in [7, 11) is 0. The van der Waals surface area contributed by atoms with Gasteiger partial charge in [-0.1, -0.05) is 50.1 Å². The summed E-state index contributed by atoms with van der Waals surface area (Å²) in [5.74, 6) is 2.02. The van der Waals surface area contributed by atoms with E-state index < -0.39 is 0 Å². The number of rotatable bonds is 9. The first-order valence-corrected chi connectivity index (χ1v) is 11.7. The highest BCUT2D eigenvalue weighted by atomic mass is 16.5. The Labute approximate surface area is 173 Å². The molecule has 0 aliphatic heterocycles. The molecule has 160 valence electrons. The van der Waals surface area contributed by atoms with Crippen molar-refractivity contribution in [3.8, 4) is 0 Å². The molecular formula is C23H35N3O3. The van der Waals surface area contributed by atoms with Crippen molar-refractivity contribution < 1.29 is 14.1 Å². The number of hydrogen-bond donors (Lipinski definition) is 1. The molecule has 3 saturated carbocycles. The fourth-order valence-corrected chi connectivity index (χ4v) is 4.90. The minimum Gasteiger partial charge on any atom is -0.359 e. The third-order valence-corrected chi connectivity index (χ3v) is 6.94. The van der Waals surface area contributed by atoms with E-state index in [9.17, 15) is 9.59 Å². The van der Waals surface area contributed by atoms with Crippen LogP contribution in [-0.2, 0) is 11.3 Å². The van der Waals surface area contributed by atoms with Crippen molar-refractivity contribution in [2.24, 2.45) is 11.8 Å². The van der Waals surface area contributed by atoms with Crippen molar-refractivity contribution in [1.29, 1.82) is 0 Å². The molecule has 0 saturated heterocycles. The maximum Gasteiger partial charge on any atom is 0.273 e. The highest BCUT2D eigenvalue weighted by molar-refractivity contribution is 5.92. The molecule has 1 N–H and O–H groups in total. The van der Waals surface area contributed by atoms with Gasteiger partial charge in [0.1, 0.15) is 0 Å². The van der Waals surface area contributed by atoms with Gasteiger partial charge in [-0.3, -0.25) is 9.59 Å². The molecule has 0 radical (unpaired) electrons. The number of nitrogens with zero attached hydrogens (tertiary/aromatic N) is 2. The van der Waals surface area contributed by atoms with Gasteiger partial charge in [-0.15, -0.1) is 0 Å². The highest BCUT2D eigenvalue weighted by Gasteiger charge is 2.28. The van der Waals surface area contributed by atoms with Crippen molar-refractivity contribution in [1.82, 2.24) is 15.4 Å². The predicted molar refractivity (Wildman–Crippen MR) is 110 cm³/mol. The van der Waals surface area contributed by atoms with Crippen LogP contribution in [-0.4, -0.2) is 34.5 Å². The molecule has 4 rings (SSSR count). The lowest BCUT2D eigenvalue weighted by Gasteiger charge is -2.34. The molecule has 0 unspecified atom stereocenters. The molecule has 1 heterocycles. The van der Waals surface area contributed by atoms with Gasteiger partial charge in [-0.2, -0.15) is 0 Å². The minimum atomic E-state index is -0.177. The van der Waals surface area contributed by atoms with Gasteiger partial charge in [-0.25, -0.2) is 0 Å². The van der Waals surface area contributed by atoms with E-state index in [1.165, 1.54) is 57.8 Å². The molecule has 6 heteroatoms. The molecule has 3 aliphatic carbocycles. The third-order valence-electron chi connectivity index (χ3n) is 6.94. The number of carbonyl (C=O) groups excluding carboxylic acids is 2. The minimum absolute atomic E-state index is 0.177. The molecular weight excluding hydrogens is 366 g/mol. The summed E-state index contributed by atoms with van der Waals surface area (Å²) in [5, 5.41) is 6.88. The first-order chi connectivity index (χ1) is 14.2. The van der Waals surface area contributed by atoms with E-state index in [-0.39, 0.29) is 17.9 Å². The van der Waals surface area contributed by atoms with E-state index in [1.54, 1.807) is 6.07 Å². The average molecular weight is 402 g/mol. The molecule has 1 aromatic rings. The van der Waals surface area contributed by atoms with Crippen LogP contribution in [0.1, 0.15) is 99.7 Å². The normalized spacial score (nSPS) is 20.7. The number of carbonyl (C=O) groups is 2. The first-order valence-electron chi connectivity index (χ1n) is 11.7. The Kier molecular flexibility index (Phi) is 6.88. The lowest BCUT2D eigenvalue weighted by atomic mass is 9.93.